The van der Waals surface area contributed by atoms with Gasteiger partial charge in [0.25, 0.3) is 0 Å². The molecule has 1 atom stereocenters. The number of nitrogens with zero attached hydrogens (tertiary/aromatic N) is 3. The quantitative estimate of drug-likeness (QED) is 0.469. The second-order valence-corrected chi connectivity index (χ2v) is 7.15. The molecule has 0 radical (unpaired) electrons. The van der Waals surface area contributed by atoms with E-state index in [-0.39, 0.29) is 6.61 Å². The zero-order chi connectivity index (χ0) is 20.3. The van der Waals surface area contributed by atoms with E-state index in [4.69, 9.17) is 9.57 Å². The van der Waals surface area contributed by atoms with E-state index >= 15 is 0 Å². The van der Waals surface area contributed by atoms with Gasteiger partial charge in [0.15, 0.2) is 0 Å². The Balaban J connectivity index is 1.41. The summed E-state index contributed by atoms with van der Waals surface area (Å²) in [4.78, 5) is 7.65. The average molecular weight is 399 g/mol. The minimum absolute atomic E-state index is 0.205. The van der Waals surface area contributed by atoms with Crippen LogP contribution < -0.4 is 10.2 Å². The molecule has 0 bridgehead atoms. The van der Waals surface area contributed by atoms with Crippen molar-refractivity contribution in [1.29, 1.82) is 0 Å². The highest BCUT2D eigenvalue weighted by Crippen LogP contribution is 2.16. The van der Waals surface area contributed by atoms with Gasteiger partial charge in [-0.25, -0.2) is 5.01 Å². The molecular weight excluding hydrogens is 368 g/mol. The van der Waals surface area contributed by atoms with Crippen LogP contribution in [0.25, 0.3) is 0 Å². The smallest absolute Gasteiger partial charge is 0.142 e. The molecule has 2 N–H and O–H groups in total. The molecule has 2 aromatic rings. The van der Waals surface area contributed by atoms with Gasteiger partial charge >= 0.3 is 0 Å². The normalized spacial score (nSPS) is 16.8. The first-order chi connectivity index (χ1) is 14.2. The van der Waals surface area contributed by atoms with Gasteiger partial charge in [0.05, 0.1) is 6.21 Å². The van der Waals surface area contributed by atoms with Crippen molar-refractivity contribution in [2.75, 3.05) is 46.4 Å². The van der Waals surface area contributed by atoms with E-state index in [1.807, 2.05) is 54.6 Å². The number of rotatable bonds is 10. The highest BCUT2D eigenvalue weighted by atomic mass is 16.6. The lowest BCUT2D eigenvalue weighted by atomic mass is 10.2. The lowest BCUT2D eigenvalue weighted by Gasteiger charge is -2.33. The third kappa shape index (κ3) is 7.47. The average Bonchev–Trinajstić information content (AvgIpc) is 2.76. The molecule has 1 saturated heterocycles. The van der Waals surface area contributed by atoms with Crippen molar-refractivity contribution in [2.24, 2.45) is 5.16 Å². The fourth-order valence-corrected chi connectivity index (χ4v) is 2.94. The van der Waals surface area contributed by atoms with Gasteiger partial charge in [-0.05, 0) is 24.7 Å². The van der Waals surface area contributed by atoms with Crippen LogP contribution in [0.3, 0.4) is 0 Å². The molecule has 1 unspecified atom stereocenters. The van der Waals surface area contributed by atoms with E-state index in [9.17, 15) is 5.11 Å². The van der Waals surface area contributed by atoms with Crippen molar-refractivity contribution in [3.63, 3.8) is 0 Å². The van der Waals surface area contributed by atoms with Crippen LogP contribution >= 0.6 is 0 Å². The first-order valence-electron chi connectivity index (χ1n) is 9.97. The summed E-state index contributed by atoms with van der Waals surface area (Å²) in [5.74, 6) is 0.665. The van der Waals surface area contributed by atoms with E-state index < -0.39 is 6.10 Å². The number of nitrogens with one attached hydrogen (secondary N) is 1. The summed E-state index contributed by atoms with van der Waals surface area (Å²) in [5, 5.41) is 16.4. The molecule has 0 saturated carbocycles. The predicted molar refractivity (Wildman–Crippen MR) is 114 cm³/mol. The van der Waals surface area contributed by atoms with Gasteiger partial charge in [-0.3, -0.25) is 5.43 Å². The second-order valence-electron chi connectivity index (χ2n) is 7.15. The zero-order valence-corrected chi connectivity index (χ0v) is 16.9. The van der Waals surface area contributed by atoms with Crippen LogP contribution in [0.5, 0.6) is 5.75 Å². The SMILES string of the molecule is CN1CCN(NCC(O)COc2ccccc2/C=N/OCc2ccccc2)CC1. The van der Waals surface area contributed by atoms with Crippen molar-refractivity contribution in [3.05, 3.63) is 65.7 Å². The maximum atomic E-state index is 10.2. The largest absolute Gasteiger partial charge is 0.490 e. The highest BCUT2D eigenvalue weighted by Gasteiger charge is 2.15. The van der Waals surface area contributed by atoms with Crippen molar-refractivity contribution < 1.29 is 14.7 Å². The summed E-state index contributed by atoms with van der Waals surface area (Å²) < 4.78 is 5.81. The third-order valence-electron chi connectivity index (χ3n) is 4.74. The van der Waals surface area contributed by atoms with E-state index in [0.29, 0.717) is 18.9 Å². The fraction of sp³-hybridized carbons (Fsp3) is 0.409. The maximum Gasteiger partial charge on any atom is 0.142 e. The topological polar surface area (TPSA) is 69.6 Å². The number of hydrogen-bond acceptors (Lipinski definition) is 7. The second kappa shape index (κ2) is 11.5. The van der Waals surface area contributed by atoms with E-state index in [1.54, 1.807) is 6.21 Å². The highest BCUT2D eigenvalue weighted by molar-refractivity contribution is 5.83. The Labute approximate surface area is 172 Å². The molecule has 7 nitrogen and oxygen atoms in total. The molecule has 3 rings (SSSR count). The lowest BCUT2D eigenvalue weighted by molar-refractivity contribution is 0.0548. The number of para-hydroxylation sites is 1. The molecule has 1 fully saturated rings. The van der Waals surface area contributed by atoms with E-state index in [2.05, 4.69) is 27.5 Å². The molecular formula is C22H30N4O3. The van der Waals surface area contributed by atoms with Crippen LogP contribution in [0.15, 0.2) is 59.8 Å². The molecule has 29 heavy (non-hydrogen) atoms. The zero-order valence-electron chi connectivity index (χ0n) is 16.9. The minimum Gasteiger partial charge on any atom is -0.490 e. The molecule has 0 aromatic heterocycles. The molecule has 0 aliphatic carbocycles. The molecule has 2 aromatic carbocycles. The predicted octanol–water partition coefficient (Wildman–Crippen LogP) is 1.73. The van der Waals surface area contributed by atoms with Crippen LogP contribution in [0.4, 0.5) is 0 Å². The summed E-state index contributed by atoms with van der Waals surface area (Å²) in [7, 11) is 2.12. The Morgan fingerprint density at radius 3 is 2.59 bits per heavy atom. The number of likely N-dealkylation sites (N-methyl/N-ethyl adjacent to an activating group) is 1. The van der Waals surface area contributed by atoms with Gasteiger partial charge in [0.1, 0.15) is 25.1 Å². The van der Waals surface area contributed by atoms with Gasteiger partial charge in [-0.1, -0.05) is 47.6 Å². The number of oxime groups is 1. The molecule has 1 aliphatic rings. The number of piperazine rings is 1. The van der Waals surface area contributed by atoms with Crippen molar-refractivity contribution in [2.45, 2.75) is 12.7 Å². The van der Waals surface area contributed by atoms with Crippen molar-refractivity contribution >= 4 is 6.21 Å². The van der Waals surface area contributed by atoms with Crippen LogP contribution in [-0.4, -0.2) is 73.7 Å². The monoisotopic (exact) mass is 398 g/mol. The van der Waals surface area contributed by atoms with E-state index in [0.717, 1.165) is 37.3 Å². The van der Waals surface area contributed by atoms with Crippen LogP contribution in [0.2, 0.25) is 0 Å². The first-order valence-corrected chi connectivity index (χ1v) is 9.97. The first kappa shape index (κ1) is 21.3. The Morgan fingerprint density at radius 2 is 1.79 bits per heavy atom. The summed E-state index contributed by atoms with van der Waals surface area (Å²) in [6.07, 6.45) is 1.03. The number of hydrazine groups is 1. The summed E-state index contributed by atoms with van der Waals surface area (Å²) >= 11 is 0. The third-order valence-corrected chi connectivity index (χ3v) is 4.74. The standard InChI is InChI=1S/C22H30N4O3/c1-25-11-13-26(14-12-25)23-16-21(27)18-28-22-10-6-5-9-20(22)15-24-29-17-19-7-3-2-4-8-19/h2-10,15,21,23,27H,11-14,16-18H2,1H3/b24-15+. The van der Waals surface area contributed by atoms with Crippen LogP contribution in [0, 0.1) is 0 Å². The summed E-state index contributed by atoms with van der Waals surface area (Å²) in [5.41, 5.74) is 5.15. The maximum absolute atomic E-state index is 10.2. The molecule has 7 heteroatoms. The Bertz CT molecular complexity index is 749. The molecule has 0 amide bonds. The molecule has 0 spiro atoms. The van der Waals surface area contributed by atoms with Gasteiger partial charge in [-0.2, -0.15) is 0 Å². The van der Waals surface area contributed by atoms with Crippen molar-refractivity contribution in [1.82, 2.24) is 15.3 Å². The minimum atomic E-state index is -0.603. The van der Waals surface area contributed by atoms with Gasteiger partial charge < -0.3 is 19.6 Å². The number of aliphatic hydroxyl groups is 1. The van der Waals surface area contributed by atoms with Crippen LogP contribution in [-0.2, 0) is 11.4 Å². The van der Waals surface area contributed by atoms with Crippen LogP contribution in [0.1, 0.15) is 11.1 Å². The molecule has 1 heterocycles. The Hall–Kier alpha value is -2.45. The molecule has 1 aliphatic heterocycles. The van der Waals surface area contributed by atoms with Gasteiger partial charge in [0, 0.05) is 38.3 Å². The van der Waals surface area contributed by atoms with E-state index in [1.165, 1.54) is 0 Å². The number of ether oxygens (including phenoxy) is 1. The van der Waals surface area contributed by atoms with Crippen molar-refractivity contribution in [3.8, 4) is 5.75 Å². The number of aliphatic hydroxyl groups excluding tert-OH is 1. The fourth-order valence-electron chi connectivity index (χ4n) is 2.94. The summed E-state index contributed by atoms with van der Waals surface area (Å²) in [6.45, 7) is 5.03. The Morgan fingerprint density at radius 1 is 1.07 bits per heavy atom. The van der Waals surface area contributed by atoms with Gasteiger partial charge in [0.2, 0.25) is 0 Å². The summed E-state index contributed by atoms with van der Waals surface area (Å²) in [6, 6.07) is 17.5. The number of hydrogen-bond donors (Lipinski definition) is 2. The lowest BCUT2D eigenvalue weighted by Crippen LogP contribution is -2.52. The Kier molecular flexibility index (Phi) is 8.45. The molecule has 156 valence electrons. The van der Waals surface area contributed by atoms with Gasteiger partial charge in [-0.15, -0.1) is 0 Å². The number of benzene rings is 2.